The van der Waals surface area contributed by atoms with E-state index in [1.165, 1.54) is 0 Å². The highest BCUT2D eigenvalue weighted by atomic mass is 16.4. The molecule has 0 saturated heterocycles. The zero-order valence-corrected chi connectivity index (χ0v) is 13.3. The number of hydrogen-bond acceptors (Lipinski definition) is 3. The van der Waals surface area contributed by atoms with Gasteiger partial charge in [0.15, 0.2) is 0 Å². The van der Waals surface area contributed by atoms with Crippen molar-refractivity contribution < 1.29 is 9.21 Å². The molecule has 4 nitrogen and oxygen atoms in total. The molecular weight excluding hydrogens is 302 g/mol. The molecule has 4 heteroatoms. The number of amides is 1. The molecule has 1 amide bonds. The highest BCUT2D eigenvalue weighted by Gasteiger charge is 2.15. The highest BCUT2D eigenvalue weighted by Crippen LogP contribution is 2.20. The minimum atomic E-state index is -0.649. The van der Waals surface area contributed by atoms with Crippen LogP contribution in [-0.4, -0.2) is 5.91 Å². The monoisotopic (exact) mass is 319 g/mol. The number of aryl methyl sites for hydroxylation is 1. The van der Waals surface area contributed by atoms with Crippen LogP contribution < -0.4 is 10.9 Å². The van der Waals surface area contributed by atoms with Gasteiger partial charge in [-0.05, 0) is 42.7 Å². The maximum absolute atomic E-state index is 12.4. The van der Waals surface area contributed by atoms with Gasteiger partial charge in [0.1, 0.15) is 11.1 Å². The largest absolute Gasteiger partial charge is 0.422 e. The minimum Gasteiger partial charge on any atom is -0.422 e. The Kier molecular flexibility index (Phi) is 4.29. The Morgan fingerprint density at radius 1 is 1.21 bits per heavy atom. The van der Waals surface area contributed by atoms with Crippen molar-refractivity contribution in [1.82, 2.24) is 0 Å². The van der Waals surface area contributed by atoms with Gasteiger partial charge in [-0.2, -0.15) is 0 Å². The van der Waals surface area contributed by atoms with Crippen LogP contribution >= 0.6 is 0 Å². The first-order valence-corrected chi connectivity index (χ1v) is 7.63. The van der Waals surface area contributed by atoms with E-state index in [9.17, 15) is 9.59 Å². The third-order valence-electron chi connectivity index (χ3n) is 3.73. The number of hydrogen-bond donors (Lipinski definition) is 1. The molecule has 0 aliphatic heterocycles. The Morgan fingerprint density at radius 3 is 2.75 bits per heavy atom. The second-order valence-electron chi connectivity index (χ2n) is 5.60. The molecule has 0 saturated carbocycles. The Bertz CT molecular complexity index is 986. The van der Waals surface area contributed by atoms with E-state index < -0.39 is 11.5 Å². The fourth-order valence-corrected chi connectivity index (χ4v) is 2.60. The Morgan fingerprint density at radius 2 is 2.00 bits per heavy atom. The van der Waals surface area contributed by atoms with Crippen molar-refractivity contribution in [3.05, 3.63) is 88.3 Å². The van der Waals surface area contributed by atoms with Crippen LogP contribution in [0.3, 0.4) is 0 Å². The molecule has 3 aromatic rings. The van der Waals surface area contributed by atoms with Gasteiger partial charge in [-0.1, -0.05) is 36.4 Å². The van der Waals surface area contributed by atoms with Crippen LogP contribution in [0.1, 0.15) is 21.5 Å². The van der Waals surface area contributed by atoms with E-state index in [0.717, 1.165) is 11.1 Å². The number of fused-ring (bicyclic) bond motifs is 1. The highest BCUT2D eigenvalue weighted by molar-refractivity contribution is 6.05. The first-order chi connectivity index (χ1) is 11.6. The summed E-state index contributed by atoms with van der Waals surface area (Å²) in [5.74, 6) is -0.481. The zero-order valence-electron chi connectivity index (χ0n) is 13.3. The summed E-state index contributed by atoms with van der Waals surface area (Å²) in [7, 11) is 0. The third-order valence-corrected chi connectivity index (χ3v) is 3.73. The summed E-state index contributed by atoms with van der Waals surface area (Å²) in [6, 6.07) is 14.5. The molecule has 0 aliphatic rings. The number of benzene rings is 2. The number of allylic oxidation sites excluding steroid dienone is 1. The average Bonchev–Trinajstić information content (AvgIpc) is 2.55. The quantitative estimate of drug-likeness (QED) is 0.582. The van der Waals surface area contributed by atoms with Crippen LogP contribution in [-0.2, 0) is 6.42 Å². The molecule has 0 spiro atoms. The fraction of sp³-hybridized carbons (Fsp3) is 0.100. The van der Waals surface area contributed by atoms with Crippen LogP contribution in [0.25, 0.3) is 11.0 Å². The molecule has 1 aromatic heterocycles. The van der Waals surface area contributed by atoms with E-state index in [2.05, 4.69) is 11.9 Å². The van der Waals surface area contributed by atoms with Crippen molar-refractivity contribution in [2.75, 3.05) is 5.32 Å². The molecule has 24 heavy (non-hydrogen) atoms. The summed E-state index contributed by atoms with van der Waals surface area (Å²) in [5.41, 5.74) is 2.36. The van der Waals surface area contributed by atoms with Gasteiger partial charge in [0.05, 0.1) is 0 Å². The lowest BCUT2D eigenvalue weighted by Gasteiger charge is -2.07. The van der Waals surface area contributed by atoms with Crippen LogP contribution in [0.4, 0.5) is 5.69 Å². The predicted octanol–water partition coefficient (Wildman–Crippen LogP) is 4.08. The van der Waals surface area contributed by atoms with E-state index >= 15 is 0 Å². The van der Waals surface area contributed by atoms with Gasteiger partial charge in [0.25, 0.3) is 5.91 Å². The van der Waals surface area contributed by atoms with Crippen molar-refractivity contribution >= 4 is 22.6 Å². The summed E-state index contributed by atoms with van der Waals surface area (Å²) >= 11 is 0. The molecule has 1 heterocycles. The first kappa shape index (κ1) is 15.7. The second-order valence-corrected chi connectivity index (χ2v) is 5.60. The van der Waals surface area contributed by atoms with Gasteiger partial charge >= 0.3 is 5.63 Å². The normalized spacial score (nSPS) is 10.5. The predicted molar refractivity (Wildman–Crippen MR) is 95.5 cm³/mol. The van der Waals surface area contributed by atoms with Crippen molar-refractivity contribution in [2.45, 2.75) is 13.3 Å². The lowest BCUT2D eigenvalue weighted by Crippen LogP contribution is -2.20. The molecule has 3 rings (SSSR count). The lowest BCUT2D eigenvalue weighted by atomic mass is 10.1. The molecule has 0 atom stereocenters. The minimum absolute atomic E-state index is 0.0141. The molecule has 0 fully saturated rings. The number of carbonyl (C=O) groups is 1. The maximum atomic E-state index is 12.4. The van der Waals surface area contributed by atoms with E-state index in [4.69, 9.17) is 4.42 Å². The topological polar surface area (TPSA) is 59.3 Å². The molecule has 0 radical (unpaired) electrons. The molecular formula is C20H17NO3. The second kappa shape index (κ2) is 6.54. The number of carbonyl (C=O) groups excluding carboxylic acids is 1. The van der Waals surface area contributed by atoms with Crippen LogP contribution in [0.15, 0.2) is 70.4 Å². The summed E-state index contributed by atoms with van der Waals surface area (Å²) in [6.45, 7) is 5.63. The SMILES string of the molecule is C=CCc1cccc2cc(C(=O)Nc3cccc(C)c3)c(=O)oc12. The van der Waals surface area contributed by atoms with E-state index in [1.54, 1.807) is 18.2 Å². The summed E-state index contributed by atoms with van der Waals surface area (Å²) in [4.78, 5) is 24.6. The van der Waals surface area contributed by atoms with E-state index in [1.807, 2.05) is 43.3 Å². The molecule has 0 aliphatic carbocycles. The van der Waals surface area contributed by atoms with Crippen molar-refractivity contribution in [3.8, 4) is 0 Å². The van der Waals surface area contributed by atoms with Crippen LogP contribution in [0.2, 0.25) is 0 Å². The van der Waals surface area contributed by atoms with Gasteiger partial charge in [-0.15, -0.1) is 6.58 Å². The molecule has 120 valence electrons. The zero-order chi connectivity index (χ0) is 17.1. The van der Waals surface area contributed by atoms with Gasteiger partial charge in [-0.25, -0.2) is 4.79 Å². The number of anilines is 1. The molecule has 0 unspecified atom stereocenters. The summed E-state index contributed by atoms with van der Waals surface area (Å²) in [6.07, 6.45) is 2.34. The van der Waals surface area contributed by atoms with Gasteiger partial charge in [0, 0.05) is 11.1 Å². The van der Waals surface area contributed by atoms with Crippen molar-refractivity contribution in [3.63, 3.8) is 0 Å². The van der Waals surface area contributed by atoms with Crippen molar-refractivity contribution in [1.29, 1.82) is 0 Å². The third kappa shape index (κ3) is 3.13. The summed E-state index contributed by atoms with van der Waals surface area (Å²) < 4.78 is 5.39. The molecule has 1 N–H and O–H groups in total. The standard InChI is InChI=1S/C20H17NO3/c1-3-6-14-8-5-9-15-12-17(20(23)24-18(14)15)19(22)21-16-10-4-7-13(2)11-16/h3-5,7-12H,1,6H2,2H3,(H,21,22). The average molecular weight is 319 g/mol. The van der Waals surface area contributed by atoms with E-state index in [0.29, 0.717) is 23.1 Å². The number of rotatable bonds is 4. The molecule has 0 bridgehead atoms. The lowest BCUT2D eigenvalue weighted by molar-refractivity contribution is 0.102. The maximum Gasteiger partial charge on any atom is 0.349 e. The van der Waals surface area contributed by atoms with E-state index in [-0.39, 0.29) is 5.56 Å². The van der Waals surface area contributed by atoms with Crippen LogP contribution in [0, 0.1) is 6.92 Å². The Hall–Kier alpha value is -3.14. The Balaban J connectivity index is 2.00. The number of nitrogens with one attached hydrogen (secondary N) is 1. The summed E-state index contributed by atoms with van der Waals surface area (Å²) in [5, 5.41) is 3.44. The molecule has 2 aromatic carbocycles. The van der Waals surface area contributed by atoms with Gasteiger partial charge in [0.2, 0.25) is 0 Å². The smallest absolute Gasteiger partial charge is 0.349 e. The number of para-hydroxylation sites is 1. The fourth-order valence-electron chi connectivity index (χ4n) is 2.60. The van der Waals surface area contributed by atoms with Crippen molar-refractivity contribution in [2.24, 2.45) is 0 Å². The van der Waals surface area contributed by atoms with Crippen LogP contribution in [0.5, 0.6) is 0 Å². The van der Waals surface area contributed by atoms with Gasteiger partial charge < -0.3 is 9.73 Å². The first-order valence-electron chi connectivity index (χ1n) is 7.63. The Labute approximate surface area is 139 Å². The van der Waals surface area contributed by atoms with Gasteiger partial charge in [-0.3, -0.25) is 4.79 Å².